The van der Waals surface area contributed by atoms with Crippen LogP contribution in [0.25, 0.3) is 5.65 Å². The van der Waals surface area contributed by atoms with Gasteiger partial charge in [0.1, 0.15) is 0 Å². The van der Waals surface area contributed by atoms with Gasteiger partial charge in [0.25, 0.3) is 5.91 Å². The maximum Gasteiger partial charge on any atom is 0.417 e. The standard InChI is InChI=1S/C19H17ClF3N5O2/c1-10-3-4-12(5-11(10)2)18(30)25-8-16(29)24-7-15-26-27-17-14(20)6-13(9-28(15)17)19(21,22)23/h3-6,9H,7-8H2,1-2H3,(H,24,29)(H,25,30). The van der Waals surface area contributed by atoms with E-state index in [-0.39, 0.29) is 29.6 Å². The van der Waals surface area contributed by atoms with Crippen LogP contribution in [0.1, 0.15) is 32.9 Å². The Morgan fingerprint density at radius 2 is 1.83 bits per heavy atom. The predicted molar refractivity (Wildman–Crippen MR) is 103 cm³/mol. The molecule has 158 valence electrons. The number of halogens is 4. The molecule has 11 heteroatoms. The van der Waals surface area contributed by atoms with Gasteiger partial charge in [-0.2, -0.15) is 13.2 Å². The third kappa shape index (κ3) is 4.70. The molecule has 3 aromatic rings. The highest BCUT2D eigenvalue weighted by molar-refractivity contribution is 6.33. The van der Waals surface area contributed by atoms with Crippen LogP contribution in [0.3, 0.4) is 0 Å². The van der Waals surface area contributed by atoms with Crippen molar-refractivity contribution in [1.29, 1.82) is 0 Å². The van der Waals surface area contributed by atoms with E-state index in [1.807, 2.05) is 13.8 Å². The number of hydrogen-bond donors (Lipinski definition) is 2. The Bertz CT molecular complexity index is 1130. The molecule has 1 aromatic carbocycles. The van der Waals surface area contributed by atoms with Crippen LogP contribution in [0.2, 0.25) is 5.02 Å². The Labute approximate surface area is 174 Å². The number of rotatable bonds is 5. The van der Waals surface area contributed by atoms with Crippen LogP contribution in [0.15, 0.2) is 30.5 Å². The third-order valence-electron chi connectivity index (χ3n) is 4.48. The summed E-state index contributed by atoms with van der Waals surface area (Å²) in [6, 6.07) is 5.93. The topological polar surface area (TPSA) is 88.4 Å². The Morgan fingerprint density at radius 3 is 2.50 bits per heavy atom. The summed E-state index contributed by atoms with van der Waals surface area (Å²) in [5.74, 6) is -0.892. The number of amides is 2. The van der Waals surface area contributed by atoms with E-state index in [2.05, 4.69) is 20.8 Å². The Hall–Kier alpha value is -3.14. The molecule has 2 N–H and O–H groups in total. The summed E-state index contributed by atoms with van der Waals surface area (Å²) < 4.78 is 40.0. The number of carbonyl (C=O) groups excluding carboxylic acids is 2. The minimum Gasteiger partial charge on any atom is -0.347 e. The second-order valence-electron chi connectivity index (χ2n) is 6.64. The number of hydrogen-bond acceptors (Lipinski definition) is 4. The smallest absolute Gasteiger partial charge is 0.347 e. The molecule has 0 aliphatic rings. The summed E-state index contributed by atoms with van der Waals surface area (Å²) >= 11 is 5.85. The number of fused-ring (bicyclic) bond motifs is 1. The van der Waals surface area contributed by atoms with Crippen molar-refractivity contribution in [3.63, 3.8) is 0 Å². The number of aryl methyl sites for hydroxylation is 2. The molecule has 0 spiro atoms. The Morgan fingerprint density at radius 1 is 1.10 bits per heavy atom. The van der Waals surface area contributed by atoms with Gasteiger partial charge < -0.3 is 10.6 Å². The zero-order valence-corrected chi connectivity index (χ0v) is 16.7. The van der Waals surface area contributed by atoms with Crippen molar-refractivity contribution in [2.24, 2.45) is 0 Å². The maximum absolute atomic E-state index is 13.0. The lowest BCUT2D eigenvalue weighted by atomic mass is 10.1. The third-order valence-corrected chi connectivity index (χ3v) is 4.76. The zero-order valence-electron chi connectivity index (χ0n) is 16.0. The average Bonchev–Trinajstić information content (AvgIpc) is 3.09. The van der Waals surface area contributed by atoms with Crippen LogP contribution in [-0.2, 0) is 17.5 Å². The van der Waals surface area contributed by atoms with Crippen molar-refractivity contribution in [2.75, 3.05) is 6.54 Å². The molecule has 0 aliphatic heterocycles. The molecule has 0 bridgehead atoms. The van der Waals surface area contributed by atoms with Gasteiger partial charge in [0.05, 0.1) is 23.7 Å². The van der Waals surface area contributed by atoms with Crippen molar-refractivity contribution >= 4 is 29.1 Å². The number of alkyl halides is 3. The highest BCUT2D eigenvalue weighted by Crippen LogP contribution is 2.32. The van der Waals surface area contributed by atoms with Crippen molar-refractivity contribution in [3.05, 3.63) is 63.6 Å². The van der Waals surface area contributed by atoms with Crippen LogP contribution in [0.5, 0.6) is 0 Å². The lowest BCUT2D eigenvalue weighted by Gasteiger charge is -2.10. The van der Waals surface area contributed by atoms with Crippen molar-refractivity contribution in [3.8, 4) is 0 Å². The average molecular weight is 440 g/mol. The van der Waals surface area contributed by atoms with E-state index < -0.39 is 23.6 Å². The molecular weight excluding hydrogens is 423 g/mol. The zero-order chi connectivity index (χ0) is 22.1. The fourth-order valence-corrected chi connectivity index (χ4v) is 2.91. The van der Waals surface area contributed by atoms with Crippen molar-refractivity contribution < 1.29 is 22.8 Å². The van der Waals surface area contributed by atoms with Gasteiger partial charge in [-0.25, -0.2) is 0 Å². The largest absolute Gasteiger partial charge is 0.417 e. The van der Waals surface area contributed by atoms with Gasteiger partial charge in [0.15, 0.2) is 11.5 Å². The number of pyridine rings is 1. The van der Waals surface area contributed by atoms with Crippen LogP contribution >= 0.6 is 11.6 Å². The van der Waals surface area contributed by atoms with Crippen molar-refractivity contribution in [1.82, 2.24) is 25.2 Å². The molecule has 2 heterocycles. The molecular formula is C19H17ClF3N5O2. The molecule has 3 rings (SSSR count). The van der Waals surface area contributed by atoms with Gasteiger partial charge >= 0.3 is 6.18 Å². The first kappa shape index (κ1) is 21.6. The minimum absolute atomic E-state index is 0.0389. The molecule has 0 aliphatic carbocycles. The normalized spacial score (nSPS) is 11.5. The van der Waals surface area contributed by atoms with E-state index in [4.69, 9.17) is 11.6 Å². The summed E-state index contributed by atoms with van der Waals surface area (Å²) in [6.07, 6.45) is -3.79. The molecule has 0 saturated heterocycles. The summed E-state index contributed by atoms with van der Waals surface area (Å²) in [6.45, 7) is 3.29. The molecule has 7 nitrogen and oxygen atoms in total. The van der Waals surface area contributed by atoms with Crippen LogP contribution in [-0.4, -0.2) is 33.0 Å². The van der Waals surface area contributed by atoms with Gasteiger partial charge in [-0.05, 0) is 43.2 Å². The first-order valence-corrected chi connectivity index (χ1v) is 9.16. The molecule has 2 aromatic heterocycles. The quantitative estimate of drug-likeness (QED) is 0.639. The summed E-state index contributed by atoms with van der Waals surface area (Å²) in [7, 11) is 0. The Balaban J connectivity index is 1.63. The lowest BCUT2D eigenvalue weighted by Crippen LogP contribution is -2.37. The van der Waals surface area contributed by atoms with Gasteiger partial charge in [0, 0.05) is 11.8 Å². The predicted octanol–water partition coefficient (Wildman–Crippen LogP) is 3.06. The van der Waals surface area contributed by atoms with Gasteiger partial charge in [-0.3, -0.25) is 14.0 Å². The van der Waals surface area contributed by atoms with Gasteiger partial charge in [-0.1, -0.05) is 17.7 Å². The molecule has 0 atom stereocenters. The number of benzene rings is 1. The first-order chi connectivity index (χ1) is 14.1. The maximum atomic E-state index is 13.0. The molecule has 0 radical (unpaired) electrons. The number of nitrogens with one attached hydrogen (secondary N) is 2. The molecule has 30 heavy (non-hydrogen) atoms. The van der Waals surface area contributed by atoms with Gasteiger partial charge in [-0.15, -0.1) is 10.2 Å². The second kappa shape index (κ2) is 8.31. The van der Waals surface area contributed by atoms with Crippen LogP contribution in [0, 0.1) is 13.8 Å². The van der Waals surface area contributed by atoms with E-state index >= 15 is 0 Å². The molecule has 0 fully saturated rings. The summed E-state index contributed by atoms with van der Waals surface area (Å²) in [4.78, 5) is 24.2. The highest BCUT2D eigenvalue weighted by Gasteiger charge is 2.32. The van der Waals surface area contributed by atoms with E-state index in [0.29, 0.717) is 5.56 Å². The SMILES string of the molecule is Cc1ccc(C(=O)NCC(=O)NCc2nnc3c(Cl)cc(C(F)(F)F)cn23)cc1C. The highest BCUT2D eigenvalue weighted by atomic mass is 35.5. The fourth-order valence-electron chi connectivity index (χ4n) is 2.66. The van der Waals surface area contributed by atoms with Crippen molar-refractivity contribution in [2.45, 2.75) is 26.6 Å². The minimum atomic E-state index is -4.60. The number of carbonyl (C=O) groups is 2. The fraction of sp³-hybridized carbons (Fsp3) is 0.263. The van der Waals surface area contributed by atoms with E-state index in [0.717, 1.165) is 27.8 Å². The molecule has 0 unspecified atom stereocenters. The lowest BCUT2D eigenvalue weighted by molar-refractivity contribution is -0.137. The number of aromatic nitrogens is 3. The first-order valence-electron chi connectivity index (χ1n) is 8.79. The van der Waals surface area contributed by atoms with E-state index in [9.17, 15) is 22.8 Å². The van der Waals surface area contributed by atoms with Crippen LogP contribution in [0.4, 0.5) is 13.2 Å². The molecule has 0 saturated carbocycles. The van der Waals surface area contributed by atoms with E-state index in [1.54, 1.807) is 18.2 Å². The summed E-state index contributed by atoms with van der Waals surface area (Å²) in [5.41, 5.74) is 1.48. The monoisotopic (exact) mass is 439 g/mol. The Kier molecular flexibility index (Phi) is 5.97. The summed E-state index contributed by atoms with van der Waals surface area (Å²) in [5, 5.41) is 12.3. The van der Waals surface area contributed by atoms with E-state index in [1.165, 1.54) is 0 Å². The van der Waals surface area contributed by atoms with Gasteiger partial charge in [0.2, 0.25) is 5.91 Å². The number of nitrogens with zero attached hydrogens (tertiary/aromatic N) is 3. The molecule has 2 amide bonds. The van der Waals surface area contributed by atoms with Crippen LogP contribution < -0.4 is 10.6 Å². The second-order valence-corrected chi connectivity index (χ2v) is 7.05.